The van der Waals surface area contributed by atoms with E-state index in [2.05, 4.69) is 0 Å². The van der Waals surface area contributed by atoms with Crippen molar-refractivity contribution in [2.75, 3.05) is 0 Å². The Bertz CT molecular complexity index is 63.3. The summed E-state index contributed by atoms with van der Waals surface area (Å²) < 4.78 is 31.1. The monoisotopic (exact) mass is 186 g/mol. The number of hydrogen-bond acceptors (Lipinski definition) is 3. The molecule has 0 atom stereocenters. The predicted molar refractivity (Wildman–Crippen MR) is 25.3 cm³/mol. The smallest absolute Gasteiger partial charge is 1.00 e. The van der Waals surface area contributed by atoms with Crippen LogP contribution in [0.5, 0.6) is 0 Å². The van der Waals surface area contributed by atoms with Crippen LogP contribution in [0.25, 0.3) is 0 Å². The summed E-state index contributed by atoms with van der Waals surface area (Å²) in [6.45, 7) is 0.188. The van der Waals surface area contributed by atoms with Crippen LogP contribution < -0.4 is 51.4 Å². The minimum atomic E-state index is -4.00. The van der Waals surface area contributed by atoms with E-state index in [9.17, 15) is 13.2 Å². The first-order chi connectivity index (χ1) is 3.73. The summed E-state index contributed by atoms with van der Waals surface area (Å²) in [6, 6.07) is 0. The Labute approximate surface area is 100 Å². The quantitative estimate of drug-likeness (QED) is 0.346. The maximum atomic E-state index is 10.4. The second-order valence-electron chi connectivity index (χ2n) is 1.13. The SMILES string of the molecule is CC(F)(F)F.OB(O)O.[H-].[K+]. The van der Waals surface area contributed by atoms with Crippen LogP contribution in [0.15, 0.2) is 0 Å². The third kappa shape index (κ3) is 349. The van der Waals surface area contributed by atoms with Gasteiger partial charge in [-0.3, -0.25) is 0 Å². The zero-order valence-electron chi connectivity index (χ0n) is 6.55. The molecule has 0 spiro atoms. The Morgan fingerprint density at radius 2 is 1.20 bits per heavy atom. The standard InChI is InChI=1S/C2H3F3.BH3O3.K.H/c1-2(3,4)5;2-1(3)4;;/h1H3;2-4H;;/q;;+1;-1. The first-order valence-electron chi connectivity index (χ1n) is 1.84. The van der Waals surface area contributed by atoms with Gasteiger partial charge in [-0.15, -0.1) is 0 Å². The largest absolute Gasteiger partial charge is 1.00 e. The predicted octanol–water partition coefficient (Wildman–Crippen LogP) is -3.37. The van der Waals surface area contributed by atoms with Crippen LogP contribution >= 0.6 is 0 Å². The van der Waals surface area contributed by atoms with E-state index in [1.54, 1.807) is 0 Å². The normalized spacial score (nSPS) is 8.70. The fourth-order valence-electron chi connectivity index (χ4n) is 0. The van der Waals surface area contributed by atoms with Crippen LogP contribution in [0.2, 0.25) is 0 Å². The van der Waals surface area contributed by atoms with Crippen LogP contribution in [0.3, 0.4) is 0 Å². The second-order valence-corrected chi connectivity index (χ2v) is 1.13. The summed E-state index contributed by atoms with van der Waals surface area (Å²) in [5.74, 6) is 0. The van der Waals surface area contributed by atoms with Crippen molar-refractivity contribution in [1.29, 1.82) is 0 Å². The number of halogens is 3. The Kier molecular flexibility index (Phi) is 14.8. The molecule has 0 heterocycles. The summed E-state index contributed by atoms with van der Waals surface area (Å²) in [5.41, 5.74) is 0. The molecule has 10 heavy (non-hydrogen) atoms. The van der Waals surface area contributed by atoms with E-state index in [0.29, 0.717) is 0 Å². The van der Waals surface area contributed by atoms with E-state index < -0.39 is 13.5 Å². The Balaban J connectivity index is -0.0000000383. The molecule has 0 aromatic rings. The molecule has 0 amide bonds. The maximum Gasteiger partial charge on any atom is 1.00 e. The van der Waals surface area contributed by atoms with Gasteiger partial charge >= 0.3 is 64.9 Å². The summed E-state index contributed by atoms with van der Waals surface area (Å²) in [4.78, 5) is 0. The van der Waals surface area contributed by atoms with Crippen molar-refractivity contribution >= 4 is 7.32 Å². The Morgan fingerprint density at radius 3 is 1.20 bits per heavy atom. The van der Waals surface area contributed by atoms with Crippen LogP contribution in [-0.2, 0) is 0 Å². The minimum Gasteiger partial charge on any atom is -1.00 e. The van der Waals surface area contributed by atoms with Gasteiger partial charge in [-0.05, 0) is 0 Å². The molecule has 0 aromatic heterocycles. The Hall–Kier alpha value is 1.37. The first-order valence-corrected chi connectivity index (χ1v) is 1.84. The molecular formula is C2H7BF3KO3. The molecule has 0 unspecified atom stereocenters. The van der Waals surface area contributed by atoms with Crippen LogP contribution in [0.1, 0.15) is 8.35 Å². The molecular weight excluding hydrogens is 179 g/mol. The van der Waals surface area contributed by atoms with Gasteiger partial charge in [-0.2, -0.15) is 13.2 Å². The summed E-state index contributed by atoms with van der Waals surface area (Å²) in [6.07, 6.45) is -4.00. The van der Waals surface area contributed by atoms with E-state index in [4.69, 9.17) is 15.1 Å². The summed E-state index contributed by atoms with van der Waals surface area (Å²) >= 11 is 0. The molecule has 0 radical (unpaired) electrons. The van der Waals surface area contributed by atoms with Gasteiger partial charge in [0.25, 0.3) is 0 Å². The van der Waals surface area contributed by atoms with E-state index in [1.807, 2.05) is 0 Å². The van der Waals surface area contributed by atoms with Crippen LogP contribution in [-0.4, -0.2) is 28.6 Å². The van der Waals surface area contributed by atoms with Crippen molar-refractivity contribution in [2.24, 2.45) is 0 Å². The van der Waals surface area contributed by atoms with E-state index in [1.165, 1.54) is 0 Å². The summed E-state index contributed by atoms with van der Waals surface area (Å²) in [7, 11) is -2.17. The molecule has 0 aromatic carbocycles. The van der Waals surface area contributed by atoms with Gasteiger partial charge in [-0.25, -0.2) is 0 Å². The van der Waals surface area contributed by atoms with Gasteiger partial charge in [-0.1, -0.05) is 0 Å². The molecule has 0 aliphatic heterocycles. The number of rotatable bonds is 0. The molecule has 58 valence electrons. The number of alkyl halides is 3. The number of hydrogen-bond donors (Lipinski definition) is 3. The van der Waals surface area contributed by atoms with E-state index in [0.717, 1.165) is 0 Å². The molecule has 0 fully saturated rings. The van der Waals surface area contributed by atoms with E-state index >= 15 is 0 Å². The van der Waals surface area contributed by atoms with Crippen LogP contribution in [0, 0.1) is 0 Å². The Morgan fingerprint density at radius 1 is 1.20 bits per heavy atom. The van der Waals surface area contributed by atoms with Crippen molar-refractivity contribution in [3.05, 3.63) is 0 Å². The van der Waals surface area contributed by atoms with Gasteiger partial charge in [0.05, 0.1) is 0 Å². The molecule has 0 saturated carbocycles. The topological polar surface area (TPSA) is 60.7 Å². The van der Waals surface area contributed by atoms with Crippen molar-refractivity contribution in [1.82, 2.24) is 0 Å². The van der Waals surface area contributed by atoms with Gasteiger partial charge in [0.15, 0.2) is 0 Å². The van der Waals surface area contributed by atoms with Gasteiger partial charge in [0, 0.05) is 6.92 Å². The zero-order valence-corrected chi connectivity index (χ0v) is 8.68. The molecule has 0 bridgehead atoms. The van der Waals surface area contributed by atoms with Crippen molar-refractivity contribution < 1.29 is 81.1 Å². The molecule has 0 aliphatic rings. The van der Waals surface area contributed by atoms with Crippen LogP contribution in [0.4, 0.5) is 13.2 Å². The maximum absolute atomic E-state index is 10.4. The van der Waals surface area contributed by atoms with Gasteiger partial charge in [0.2, 0.25) is 0 Å². The third-order valence-electron chi connectivity index (χ3n) is 0. The average molecular weight is 186 g/mol. The molecule has 0 aliphatic carbocycles. The van der Waals surface area contributed by atoms with Crippen molar-refractivity contribution in [3.8, 4) is 0 Å². The first kappa shape index (κ1) is 17.5. The fraction of sp³-hybridized carbons (Fsp3) is 1.00. The minimum absolute atomic E-state index is 0. The molecule has 8 heteroatoms. The fourth-order valence-corrected chi connectivity index (χ4v) is 0. The molecule has 3 N–H and O–H groups in total. The van der Waals surface area contributed by atoms with Crippen molar-refractivity contribution in [2.45, 2.75) is 13.1 Å². The molecule has 3 nitrogen and oxygen atoms in total. The summed E-state index contributed by atoms with van der Waals surface area (Å²) in [5, 5.41) is 21.5. The van der Waals surface area contributed by atoms with Gasteiger partial charge < -0.3 is 16.5 Å². The zero-order chi connectivity index (χ0) is 8.08. The molecule has 0 rings (SSSR count). The van der Waals surface area contributed by atoms with Crippen molar-refractivity contribution in [3.63, 3.8) is 0 Å². The molecule has 0 saturated heterocycles. The van der Waals surface area contributed by atoms with E-state index in [-0.39, 0.29) is 59.7 Å². The second kappa shape index (κ2) is 8.47. The average Bonchev–Trinajstić information content (AvgIpc) is 1.19. The third-order valence-corrected chi connectivity index (χ3v) is 0. The van der Waals surface area contributed by atoms with Gasteiger partial charge in [0.1, 0.15) is 0 Å².